The highest BCUT2D eigenvalue weighted by Gasteiger charge is 2.18. The van der Waals surface area contributed by atoms with Crippen LogP contribution in [-0.4, -0.2) is 31.9 Å². The van der Waals surface area contributed by atoms with Crippen LogP contribution in [0.25, 0.3) is 28.7 Å². The number of hydrogen-bond donors (Lipinski definition) is 0. The molecule has 0 N–H and O–H groups in total. The molecule has 0 spiro atoms. The molecule has 1 aliphatic heterocycles. The van der Waals surface area contributed by atoms with Crippen molar-refractivity contribution in [3.63, 3.8) is 0 Å². The van der Waals surface area contributed by atoms with Crippen LogP contribution >= 0.6 is 0 Å². The van der Waals surface area contributed by atoms with Gasteiger partial charge < -0.3 is 14.0 Å². The third kappa shape index (κ3) is 2.40. The Kier molecular flexibility index (Phi) is 2.99. The number of rotatable bonds is 3. The molecule has 0 unspecified atom stereocenters. The molecular weight excluding hydrogens is 322 g/mol. The molecule has 0 amide bonds. The third-order valence-corrected chi connectivity index (χ3v) is 3.79. The van der Waals surface area contributed by atoms with Gasteiger partial charge >= 0.3 is 0 Å². The van der Waals surface area contributed by atoms with Gasteiger partial charge in [-0.2, -0.15) is 4.98 Å². The monoisotopic (exact) mass is 333 g/mol. The summed E-state index contributed by atoms with van der Waals surface area (Å²) in [5, 5.41) is 12.2. The van der Waals surface area contributed by atoms with Gasteiger partial charge in [0.05, 0.1) is 11.9 Å². The fourth-order valence-electron chi connectivity index (χ4n) is 2.55. The van der Waals surface area contributed by atoms with Crippen LogP contribution in [0.15, 0.2) is 59.3 Å². The van der Waals surface area contributed by atoms with E-state index in [0.717, 1.165) is 11.3 Å². The molecule has 0 atom stereocenters. The minimum absolute atomic E-state index is 0.219. The molecule has 25 heavy (non-hydrogen) atoms. The normalized spacial score (nSPS) is 12.5. The highest BCUT2D eigenvalue weighted by Crippen LogP contribution is 2.35. The van der Waals surface area contributed by atoms with E-state index in [2.05, 4.69) is 20.5 Å². The number of benzene rings is 2. The molecule has 0 saturated heterocycles. The zero-order valence-corrected chi connectivity index (χ0v) is 12.9. The van der Waals surface area contributed by atoms with Crippen molar-refractivity contribution in [1.82, 2.24) is 25.1 Å². The maximum absolute atomic E-state index is 5.37. The van der Waals surface area contributed by atoms with Crippen LogP contribution in [0.2, 0.25) is 0 Å². The van der Waals surface area contributed by atoms with E-state index in [4.69, 9.17) is 14.0 Å². The first-order valence-corrected chi connectivity index (χ1v) is 7.59. The van der Waals surface area contributed by atoms with E-state index >= 15 is 0 Å². The standard InChI is InChI=1S/C17H11N5O3/c1-2-4-12(5-3-1)22-9-13(19-21-22)16-18-17(25-20-16)11-6-7-14-15(8-11)24-10-23-14/h1-9H,10H2. The van der Waals surface area contributed by atoms with Gasteiger partial charge in [-0.15, -0.1) is 5.10 Å². The summed E-state index contributed by atoms with van der Waals surface area (Å²) in [4.78, 5) is 4.39. The number of hydrogen-bond acceptors (Lipinski definition) is 7. The Morgan fingerprint density at radius 3 is 2.76 bits per heavy atom. The summed E-state index contributed by atoms with van der Waals surface area (Å²) in [6, 6.07) is 15.1. The van der Waals surface area contributed by atoms with Crippen molar-refractivity contribution in [3.05, 3.63) is 54.7 Å². The second kappa shape index (κ2) is 5.45. The van der Waals surface area contributed by atoms with Crippen LogP contribution in [0.5, 0.6) is 11.5 Å². The first-order chi connectivity index (χ1) is 12.4. The molecule has 1 aliphatic rings. The van der Waals surface area contributed by atoms with Crippen molar-refractivity contribution in [2.45, 2.75) is 0 Å². The van der Waals surface area contributed by atoms with Crippen LogP contribution in [0.1, 0.15) is 0 Å². The SMILES string of the molecule is c1ccc(-n2cc(-c3noc(-c4ccc5c(c4)OCO5)n3)nn2)cc1. The van der Waals surface area contributed by atoms with Gasteiger partial charge in [0.1, 0.15) is 0 Å². The molecule has 5 rings (SSSR count). The molecule has 2 aromatic carbocycles. The van der Waals surface area contributed by atoms with Crippen LogP contribution in [0, 0.1) is 0 Å². The van der Waals surface area contributed by atoms with Gasteiger partial charge in [0, 0.05) is 5.56 Å². The first-order valence-electron chi connectivity index (χ1n) is 7.59. The number of para-hydroxylation sites is 1. The molecule has 8 heteroatoms. The fourth-order valence-corrected chi connectivity index (χ4v) is 2.55. The highest BCUT2D eigenvalue weighted by atomic mass is 16.7. The maximum atomic E-state index is 5.37. The maximum Gasteiger partial charge on any atom is 0.258 e. The van der Waals surface area contributed by atoms with Gasteiger partial charge in [-0.1, -0.05) is 28.6 Å². The van der Waals surface area contributed by atoms with Gasteiger partial charge in [-0.3, -0.25) is 0 Å². The van der Waals surface area contributed by atoms with Gasteiger partial charge in [0.15, 0.2) is 17.2 Å². The van der Waals surface area contributed by atoms with Crippen molar-refractivity contribution in [1.29, 1.82) is 0 Å². The summed E-state index contributed by atoms with van der Waals surface area (Å²) in [5.41, 5.74) is 2.18. The summed E-state index contributed by atoms with van der Waals surface area (Å²) in [6.45, 7) is 0.219. The van der Waals surface area contributed by atoms with Crippen molar-refractivity contribution >= 4 is 0 Å². The van der Waals surface area contributed by atoms with E-state index in [0.29, 0.717) is 28.9 Å². The van der Waals surface area contributed by atoms with Gasteiger partial charge in [-0.25, -0.2) is 4.68 Å². The Balaban J connectivity index is 1.46. The Bertz CT molecular complexity index is 1040. The van der Waals surface area contributed by atoms with E-state index in [1.165, 1.54) is 0 Å². The van der Waals surface area contributed by atoms with E-state index in [1.54, 1.807) is 16.9 Å². The number of aromatic nitrogens is 5. The number of ether oxygens (including phenoxy) is 2. The summed E-state index contributed by atoms with van der Waals surface area (Å²) in [5.74, 6) is 2.11. The quantitative estimate of drug-likeness (QED) is 0.569. The summed E-state index contributed by atoms with van der Waals surface area (Å²) < 4.78 is 17.7. The predicted octanol–water partition coefficient (Wildman–Crippen LogP) is 2.71. The van der Waals surface area contributed by atoms with E-state index in [9.17, 15) is 0 Å². The zero-order chi connectivity index (χ0) is 16.6. The minimum atomic E-state index is 0.219. The van der Waals surface area contributed by atoms with Crippen LogP contribution in [0.4, 0.5) is 0 Å². The topological polar surface area (TPSA) is 88.1 Å². The van der Waals surface area contributed by atoms with Crippen molar-refractivity contribution < 1.29 is 14.0 Å². The van der Waals surface area contributed by atoms with Gasteiger partial charge in [0.2, 0.25) is 12.6 Å². The fraction of sp³-hybridized carbons (Fsp3) is 0.0588. The second-order valence-electron chi connectivity index (χ2n) is 5.38. The number of fused-ring (bicyclic) bond motifs is 1. The molecular formula is C17H11N5O3. The largest absolute Gasteiger partial charge is 0.454 e. The van der Waals surface area contributed by atoms with Gasteiger partial charge in [-0.05, 0) is 30.3 Å². The second-order valence-corrected chi connectivity index (χ2v) is 5.38. The molecule has 0 fully saturated rings. The van der Waals surface area contributed by atoms with E-state index in [-0.39, 0.29) is 6.79 Å². The predicted molar refractivity (Wildman–Crippen MR) is 86.2 cm³/mol. The van der Waals surface area contributed by atoms with Crippen LogP contribution in [0.3, 0.4) is 0 Å². The van der Waals surface area contributed by atoms with Crippen molar-refractivity contribution in [2.75, 3.05) is 6.79 Å². The molecule has 0 bridgehead atoms. The molecule has 122 valence electrons. The lowest BCUT2D eigenvalue weighted by Crippen LogP contribution is -1.93. The molecule has 0 saturated carbocycles. The lowest BCUT2D eigenvalue weighted by molar-refractivity contribution is 0.174. The zero-order valence-electron chi connectivity index (χ0n) is 12.9. The summed E-state index contributed by atoms with van der Waals surface area (Å²) in [7, 11) is 0. The smallest absolute Gasteiger partial charge is 0.258 e. The molecule has 2 aromatic heterocycles. The minimum Gasteiger partial charge on any atom is -0.454 e. The Morgan fingerprint density at radius 1 is 0.960 bits per heavy atom. The molecule has 4 aromatic rings. The van der Waals surface area contributed by atoms with E-state index < -0.39 is 0 Å². The van der Waals surface area contributed by atoms with Crippen LogP contribution in [-0.2, 0) is 0 Å². The lowest BCUT2D eigenvalue weighted by Gasteiger charge is -1.97. The Morgan fingerprint density at radius 2 is 1.84 bits per heavy atom. The molecule has 0 aliphatic carbocycles. The Hall–Kier alpha value is -3.68. The van der Waals surface area contributed by atoms with Gasteiger partial charge in [0.25, 0.3) is 5.89 Å². The van der Waals surface area contributed by atoms with E-state index in [1.807, 2.05) is 42.5 Å². The molecule has 0 radical (unpaired) electrons. The van der Waals surface area contributed by atoms with Crippen molar-refractivity contribution in [2.24, 2.45) is 0 Å². The molecule has 3 heterocycles. The summed E-state index contributed by atoms with van der Waals surface area (Å²) >= 11 is 0. The number of nitrogens with zero attached hydrogens (tertiary/aromatic N) is 5. The third-order valence-electron chi connectivity index (χ3n) is 3.79. The lowest BCUT2D eigenvalue weighted by atomic mass is 10.2. The highest BCUT2D eigenvalue weighted by molar-refractivity contribution is 5.62. The average molecular weight is 333 g/mol. The molecule has 8 nitrogen and oxygen atoms in total. The average Bonchev–Trinajstić information content (AvgIpc) is 3.40. The Labute approximate surface area is 141 Å². The van der Waals surface area contributed by atoms with Crippen molar-refractivity contribution in [3.8, 4) is 40.2 Å². The summed E-state index contributed by atoms with van der Waals surface area (Å²) in [6.07, 6.45) is 1.75. The van der Waals surface area contributed by atoms with Crippen LogP contribution < -0.4 is 9.47 Å². The first kappa shape index (κ1) is 13.7.